The van der Waals surface area contributed by atoms with Crippen LogP contribution in [-0.2, 0) is 13.6 Å². The molecule has 2 aromatic carbocycles. The van der Waals surface area contributed by atoms with Crippen LogP contribution in [0.4, 0.5) is 5.69 Å². The van der Waals surface area contributed by atoms with Crippen molar-refractivity contribution in [1.29, 1.82) is 0 Å². The van der Waals surface area contributed by atoms with Crippen molar-refractivity contribution in [2.24, 2.45) is 7.05 Å². The molecule has 0 saturated carbocycles. The number of anilines is 1. The third-order valence-electron chi connectivity index (χ3n) is 6.02. The maximum absolute atomic E-state index is 12.7. The second-order valence-corrected chi connectivity index (χ2v) is 9.10. The molecular formula is C25H25N5O2S. The number of aryl methyl sites for hydroxylation is 1. The Bertz CT molecular complexity index is 1280. The molecule has 0 bridgehead atoms. The highest BCUT2D eigenvalue weighted by atomic mass is 32.1. The van der Waals surface area contributed by atoms with Crippen molar-refractivity contribution in [3.63, 3.8) is 0 Å². The third-order valence-corrected chi connectivity index (χ3v) is 6.89. The summed E-state index contributed by atoms with van der Waals surface area (Å²) >= 11 is 1.42. The first kappa shape index (κ1) is 21.4. The Kier molecular flexibility index (Phi) is 5.93. The number of benzene rings is 2. The predicted molar refractivity (Wildman–Crippen MR) is 131 cm³/mol. The highest BCUT2D eigenvalue weighted by Crippen LogP contribution is 2.22. The highest BCUT2D eigenvalue weighted by molar-refractivity contribution is 7.12. The van der Waals surface area contributed by atoms with Crippen LogP contribution in [0.3, 0.4) is 0 Å². The number of aromatic nitrogens is 2. The molecule has 1 saturated heterocycles. The third kappa shape index (κ3) is 4.53. The molecule has 0 aliphatic carbocycles. The number of hydrogen-bond donors (Lipinski definition) is 1. The normalized spacial score (nSPS) is 14.5. The number of imidazole rings is 1. The Balaban J connectivity index is 1.23. The summed E-state index contributed by atoms with van der Waals surface area (Å²) in [7, 11) is 2.02. The summed E-state index contributed by atoms with van der Waals surface area (Å²) in [5, 5.41) is 4.84. The number of fused-ring (bicyclic) bond motifs is 1. The van der Waals surface area contributed by atoms with Crippen LogP contribution in [0, 0.1) is 0 Å². The van der Waals surface area contributed by atoms with Crippen LogP contribution >= 0.6 is 11.3 Å². The van der Waals surface area contributed by atoms with Gasteiger partial charge in [0.15, 0.2) is 0 Å². The summed E-state index contributed by atoms with van der Waals surface area (Å²) < 4.78 is 2.10. The van der Waals surface area contributed by atoms with E-state index in [0.29, 0.717) is 18.0 Å². The van der Waals surface area contributed by atoms with E-state index in [1.807, 2.05) is 78.0 Å². The molecule has 4 aromatic rings. The number of thiophene rings is 1. The van der Waals surface area contributed by atoms with Gasteiger partial charge >= 0.3 is 0 Å². The van der Waals surface area contributed by atoms with Gasteiger partial charge in [-0.25, -0.2) is 4.98 Å². The fourth-order valence-corrected chi connectivity index (χ4v) is 4.76. The quantitative estimate of drug-likeness (QED) is 0.492. The summed E-state index contributed by atoms with van der Waals surface area (Å²) in [6.45, 7) is 3.75. The predicted octanol–water partition coefficient (Wildman–Crippen LogP) is 3.85. The van der Waals surface area contributed by atoms with Crippen LogP contribution in [0.2, 0.25) is 0 Å². The van der Waals surface area contributed by atoms with Gasteiger partial charge in [0.05, 0.1) is 22.5 Å². The fraction of sp³-hybridized carbons (Fsp3) is 0.240. The molecule has 5 rings (SSSR count). The van der Waals surface area contributed by atoms with E-state index in [-0.39, 0.29) is 11.8 Å². The molecule has 0 radical (unpaired) electrons. The van der Waals surface area contributed by atoms with E-state index in [1.54, 1.807) is 0 Å². The van der Waals surface area contributed by atoms with Crippen molar-refractivity contribution in [3.8, 4) is 0 Å². The average Bonchev–Trinajstić information content (AvgIpc) is 3.49. The Hall–Kier alpha value is -3.49. The molecule has 168 valence electrons. The lowest BCUT2D eigenvalue weighted by Gasteiger charge is -2.34. The first-order chi connectivity index (χ1) is 16.1. The van der Waals surface area contributed by atoms with Gasteiger partial charge in [0, 0.05) is 44.5 Å². The maximum Gasteiger partial charge on any atom is 0.265 e. The Morgan fingerprint density at radius 3 is 2.52 bits per heavy atom. The summed E-state index contributed by atoms with van der Waals surface area (Å²) in [6, 6.07) is 18.9. The lowest BCUT2D eigenvalue weighted by atomic mass is 10.2. The van der Waals surface area contributed by atoms with Gasteiger partial charge in [0.2, 0.25) is 0 Å². The fourth-order valence-electron chi connectivity index (χ4n) is 4.14. The maximum atomic E-state index is 12.7. The lowest BCUT2D eigenvalue weighted by Crippen LogP contribution is -2.48. The van der Waals surface area contributed by atoms with Crippen LogP contribution < -0.4 is 5.32 Å². The zero-order chi connectivity index (χ0) is 22.8. The minimum Gasteiger partial charge on any atom is -0.336 e. The largest absolute Gasteiger partial charge is 0.336 e. The molecule has 8 heteroatoms. The molecular weight excluding hydrogens is 434 g/mol. The molecule has 1 N–H and O–H groups in total. The number of carbonyl (C=O) groups excluding carboxylic acids is 2. The van der Waals surface area contributed by atoms with Crippen molar-refractivity contribution < 1.29 is 9.59 Å². The monoisotopic (exact) mass is 459 g/mol. The second-order valence-electron chi connectivity index (χ2n) is 8.16. The van der Waals surface area contributed by atoms with Crippen molar-refractivity contribution in [1.82, 2.24) is 19.4 Å². The Morgan fingerprint density at radius 2 is 1.79 bits per heavy atom. The van der Waals surface area contributed by atoms with E-state index < -0.39 is 0 Å². The van der Waals surface area contributed by atoms with Crippen molar-refractivity contribution in [2.75, 3.05) is 31.5 Å². The summed E-state index contributed by atoms with van der Waals surface area (Å²) in [4.78, 5) is 34.8. The van der Waals surface area contributed by atoms with Crippen LogP contribution in [0.15, 0.2) is 66.0 Å². The molecule has 7 nitrogen and oxygen atoms in total. The Labute approximate surface area is 196 Å². The average molecular weight is 460 g/mol. The van der Waals surface area contributed by atoms with Gasteiger partial charge in [-0.3, -0.25) is 14.5 Å². The van der Waals surface area contributed by atoms with Crippen LogP contribution in [-0.4, -0.2) is 57.3 Å². The van der Waals surface area contributed by atoms with Gasteiger partial charge in [-0.05, 0) is 41.8 Å². The molecule has 1 aliphatic heterocycles. The molecule has 0 spiro atoms. The number of nitrogens with one attached hydrogen (secondary N) is 1. The number of hydrogen-bond acceptors (Lipinski definition) is 5. The molecule has 0 atom stereocenters. The first-order valence-corrected chi connectivity index (χ1v) is 11.8. The first-order valence-electron chi connectivity index (χ1n) is 11.0. The number of rotatable bonds is 5. The van der Waals surface area contributed by atoms with Gasteiger partial charge in [0.1, 0.15) is 5.82 Å². The lowest BCUT2D eigenvalue weighted by molar-refractivity contribution is 0.0624. The molecule has 1 aliphatic rings. The summed E-state index contributed by atoms with van der Waals surface area (Å²) in [5.74, 6) is 0.952. The van der Waals surface area contributed by atoms with E-state index in [0.717, 1.165) is 47.7 Å². The standard InChI is InChI=1S/C25H25N5O2S/c1-28-21-10-9-19(26-24(31)22-8-5-15-33-22)16-20(21)27-23(28)17-29-11-13-30(14-12-29)25(32)18-6-3-2-4-7-18/h2-10,15-16H,11-14,17H2,1H3,(H,26,31). The molecule has 2 aromatic heterocycles. The van der Waals surface area contributed by atoms with Gasteiger partial charge < -0.3 is 14.8 Å². The van der Waals surface area contributed by atoms with E-state index in [2.05, 4.69) is 14.8 Å². The second kappa shape index (κ2) is 9.17. The van der Waals surface area contributed by atoms with E-state index in [9.17, 15) is 9.59 Å². The van der Waals surface area contributed by atoms with Crippen molar-refractivity contribution >= 4 is 39.9 Å². The van der Waals surface area contributed by atoms with Crippen molar-refractivity contribution in [2.45, 2.75) is 6.54 Å². The van der Waals surface area contributed by atoms with E-state index >= 15 is 0 Å². The molecule has 3 heterocycles. The van der Waals surface area contributed by atoms with Gasteiger partial charge in [-0.2, -0.15) is 0 Å². The number of amides is 2. The zero-order valence-electron chi connectivity index (χ0n) is 18.4. The summed E-state index contributed by atoms with van der Waals surface area (Å²) in [6.07, 6.45) is 0. The highest BCUT2D eigenvalue weighted by Gasteiger charge is 2.23. The van der Waals surface area contributed by atoms with Crippen LogP contribution in [0.25, 0.3) is 11.0 Å². The van der Waals surface area contributed by atoms with Crippen LogP contribution in [0.1, 0.15) is 25.9 Å². The van der Waals surface area contributed by atoms with Crippen LogP contribution in [0.5, 0.6) is 0 Å². The molecule has 1 fully saturated rings. The number of carbonyl (C=O) groups is 2. The molecule has 0 unspecified atom stereocenters. The zero-order valence-corrected chi connectivity index (χ0v) is 19.2. The minimum atomic E-state index is -0.108. The SMILES string of the molecule is Cn1c(CN2CCN(C(=O)c3ccccc3)CC2)nc2cc(NC(=O)c3cccs3)ccc21. The van der Waals surface area contributed by atoms with Gasteiger partial charge in [-0.15, -0.1) is 11.3 Å². The Morgan fingerprint density at radius 1 is 1.00 bits per heavy atom. The molecule has 2 amide bonds. The van der Waals surface area contributed by atoms with Gasteiger partial charge in [-0.1, -0.05) is 24.3 Å². The number of piperazine rings is 1. The van der Waals surface area contributed by atoms with E-state index in [4.69, 9.17) is 4.98 Å². The molecule has 33 heavy (non-hydrogen) atoms. The summed E-state index contributed by atoms with van der Waals surface area (Å²) in [5.41, 5.74) is 3.35. The van der Waals surface area contributed by atoms with Crippen molar-refractivity contribution in [3.05, 3.63) is 82.3 Å². The topological polar surface area (TPSA) is 70.5 Å². The minimum absolute atomic E-state index is 0.0927. The smallest absolute Gasteiger partial charge is 0.265 e. The number of nitrogens with zero attached hydrogens (tertiary/aromatic N) is 4. The van der Waals surface area contributed by atoms with E-state index in [1.165, 1.54) is 11.3 Å². The van der Waals surface area contributed by atoms with Gasteiger partial charge in [0.25, 0.3) is 11.8 Å².